The molecule has 94 valence electrons. The van der Waals surface area contributed by atoms with Gasteiger partial charge in [-0.05, 0) is 30.7 Å². The van der Waals surface area contributed by atoms with E-state index in [0.29, 0.717) is 17.0 Å². The summed E-state index contributed by atoms with van der Waals surface area (Å²) in [6, 6.07) is 3.56. The highest BCUT2D eigenvalue weighted by atomic mass is 32.2. The predicted molar refractivity (Wildman–Crippen MR) is 71.0 cm³/mol. The Kier molecular flexibility index (Phi) is 3.19. The lowest BCUT2D eigenvalue weighted by Crippen LogP contribution is -2.03. The number of hydrogen-bond acceptors (Lipinski definition) is 6. The third-order valence-corrected chi connectivity index (χ3v) is 4.31. The van der Waals surface area contributed by atoms with Crippen molar-refractivity contribution in [1.82, 2.24) is 15.1 Å². The van der Waals surface area contributed by atoms with Crippen molar-refractivity contribution < 1.29 is 4.52 Å². The van der Waals surface area contributed by atoms with Gasteiger partial charge < -0.3 is 10.3 Å². The van der Waals surface area contributed by atoms with E-state index in [4.69, 9.17) is 10.3 Å². The number of rotatable bonds is 2. The molecule has 1 fully saturated rings. The molecule has 1 unspecified atom stereocenters. The first kappa shape index (κ1) is 11.5. The van der Waals surface area contributed by atoms with Crippen LogP contribution in [0.15, 0.2) is 22.9 Å². The number of pyridine rings is 1. The molecule has 5 nitrogen and oxygen atoms in total. The van der Waals surface area contributed by atoms with Crippen molar-refractivity contribution in [2.24, 2.45) is 0 Å². The third-order valence-electron chi connectivity index (χ3n) is 2.94. The Hall–Kier alpha value is -1.56. The monoisotopic (exact) mass is 262 g/mol. The minimum absolute atomic E-state index is 0.371. The largest absolute Gasteiger partial charge is 0.384 e. The molecule has 1 aliphatic rings. The quantitative estimate of drug-likeness (QED) is 0.896. The number of thioether (sulfide) groups is 1. The van der Waals surface area contributed by atoms with Gasteiger partial charge in [0.15, 0.2) is 5.82 Å². The molecule has 0 amide bonds. The summed E-state index contributed by atoms with van der Waals surface area (Å²) < 4.78 is 5.30. The molecule has 0 spiro atoms. The van der Waals surface area contributed by atoms with Crippen molar-refractivity contribution in [3.63, 3.8) is 0 Å². The van der Waals surface area contributed by atoms with Gasteiger partial charge in [-0.1, -0.05) is 11.6 Å². The maximum absolute atomic E-state index is 5.64. The Morgan fingerprint density at radius 1 is 1.39 bits per heavy atom. The van der Waals surface area contributed by atoms with Crippen LogP contribution in [0.1, 0.15) is 30.3 Å². The summed E-state index contributed by atoms with van der Waals surface area (Å²) in [7, 11) is 0. The molecule has 0 aromatic carbocycles. The lowest BCUT2D eigenvalue weighted by molar-refractivity contribution is 0.420. The molecule has 1 aliphatic heterocycles. The third kappa shape index (κ3) is 2.33. The van der Waals surface area contributed by atoms with E-state index in [-0.39, 0.29) is 0 Å². The van der Waals surface area contributed by atoms with Gasteiger partial charge in [0.2, 0.25) is 0 Å². The summed E-state index contributed by atoms with van der Waals surface area (Å²) in [5.41, 5.74) is 6.46. The summed E-state index contributed by atoms with van der Waals surface area (Å²) >= 11 is 1.91. The summed E-state index contributed by atoms with van der Waals surface area (Å²) in [6.45, 7) is 0. The van der Waals surface area contributed by atoms with Crippen molar-refractivity contribution in [2.45, 2.75) is 24.5 Å². The molecular weight excluding hydrogens is 248 g/mol. The van der Waals surface area contributed by atoms with Gasteiger partial charge in [-0.2, -0.15) is 16.7 Å². The van der Waals surface area contributed by atoms with Crippen LogP contribution < -0.4 is 5.73 Å². The molecule has 1 saturated heterocycles. The van der Waals surface area contributed by atoms with Crippen LogP contribution in [0.2, 0.25) is 0 Å². The minimum atomic E-state index is 0.371. The van der Waals surface area contributed by atoms with Crippen LogP contribution in [0.25, 0.3) is 11.5 Å². The number of nitrogens with two attached hydrogens (primary N) is 1. The Bertz CT molecular complexity index is 536. The van der Waals surface area contributed by atoms with Gasteiger partial charge in [-0.3, -0.25) is 0 Å². The van der Waals surface area contributed by atoms with Crippen molar-refractivity contribution >= 4 is 17.6 Å². The highest BCUT2D eigenvalue weighted by molar-refractivity contribution is 7.99. The first-order valence-corrected chi connectivity index (χ1v) is 7.05. The lowest BCUT2D eigenvalue weighted by atomic mass is 10.2. The maximum Gasteiger partial charge on any atom is 0.258 e. The van der Waals surface area contributed by atoms with Crippen LogP contribution in [0.4, 0.5) is 5.82 Å². The molecule has 2 aromatic rings. The highest BCUT2D eigenvalue weighted by Gasteiger charge is 2.21. The lowest BCUT2D eigenvalue weighted by Gasteiger charge is -2.17. The second kappa shape index (κ2) is 4.97. The smallest absolute Gasteiger partial charge is 0.258 e. The Labute approximate surface area is 109 Å². The SMILES string of the molecule is Nc1cc(-c2nc(C3CCCCS3)no2)ccn1. The molecule has 0 saturated carbocycles. The van der Waals surface area contributed by atoms with Crippen LogP contribution in [0.3, 0.4) is 0 Å². The van der Waals surface area contributed by atoms with Crippen LogP contribution in [-0.4, -0.2) is 20.9 Å². The average molecular weight is 262 g/mol. The zero-order valence-corrected chi connectivity index (χ0v) is 10.7. The fourth-order valence-electron chi connectivity index (χ4n) is 2.01. The Morgan fingerprint density at radius 3 is 3.11 bits per heavy atom. The van der Waals surface area contributed by atoms with Gasteiger partial charge in [-0.25, -0.2) is 4.98 Å². The number of hydrogen-bond donors (Lipinski definition) is 1. The fraction of sp³-hybridized carbons (Fsp3) is 0.417. The fourth-order valence-corrected chi connectivity index (χ4v) is 3.24. The van der Waals surface area contributed by atoms with Gasteiger partial charge in [0, 0.05) is 11.8 Å². The van der Waals surface area contributed by atoms with Gasteiger partial charge >= 0.3 is 0 Å². The van der Waals surface area contributed by atoms with Crippen LogP contribution in [0, 0.1) is 0 Å². The minimum Gasteiger partial charge on any atom is -0.384 e. The van der Waals surface area contributed by atoms with E-state index >= 15 is 0 Å². The van der Waals surface area contributed by atoms with Gasteiger partial charge in [-0.15, -0.1) is 0 Å². The predicted octanol–water partition coefficient (Wildman–Crippen LogP) is 2.67. The first-order chi connectivity index (χ1) is 8.83. The number of nitrogen functional groups attached to an aromatic ring is 1. The topological polar surface area (TPSA) is 77.8 Å². The summed E-state index contributed by atoms with van der Waals surface area (Å²) in [5, 5.41) is 4.45. The molecule has 3 heterocycles. The molecule has 0 bridgehead atoms. The van der Waals surface area contributed by atoms with E-state index in [0.717, 1.165) is 17.8 Å². The van der Waals surface area contributed by atoms with E-state index in [1.54, 1.807) is 12.3 Å². The van der Waals surface area contributed by atoms with Crippen molar-refractivity contribution in [2.75, 3.05) is 11.5 Å². The van der Waals surface area contributed by atoms with E-state index in [9.17, 15) is 0 Å². The molecule has 0 aliphatic carbocycles. The van der Waals surface area contributed by atoms with E-state index in [1.807, 2.05) is 17.8 Å². The van der Waals surface area contributed by atoms with Crippen LogP contribution in [-0.2, 0) is 0 Å². The number of anilines is 1. The van der Waals surface area contributed by atoms with E-state index in [2.05, 4.69) is 15.1 Å². The number of aromatic nitrogens is 3. The Morgan fingerprint density at radius 2 is 2.33 bits per heavy atom. The first-order valence-electron chi connectivity index (χ1n) is 6.00. The summed E-state index contributed by atoms with van der Waals surface area (Å²) in [6.07, 6.45) is 5.29. The normalized spacial score (nSPS) is 19.9. The molecule has 2 aromatic heterocycles. The second-order valence-corrected chi connectivity index (χ2v) is 5.59. The van der Waals surface area contributed by atoms with Crippen LogP contribution in [0.5, 0.6) is 0 Å². The molecule has 1 atom stereocenters. The van der Waals surface area contributed by atoms with Gasteiger partial charge in [0.25, 0.3) is 5.89 Å². The van der Waals surface area contributed by atoms with Crippen molar-refractivity contribution in [3.8, 4) is 11.5 Å². The van der Waals surface area contributed by atoms with Crippen molar-refractivity contribution in [3.05, 3.63) is 24.2 Å². The molecular formula is C12H14N4OS. The van der Waals surface area contributed by atoms with Gasteiger partial charge in [0.1, 0.15) is 5.82 Å². The summed E-state index contributed by atoms with van der Waals surface area (Å²) in [4.78, 5) is 8.41. The Balaban J connectivity index is 1.84. The zero-order valence-electron chi connectivity index (χ0n) is 9.87. The zero-order chi connectivity index (χ0) is 12.4. The van der Waals surface area contributed by atoms with Crippen molar-refractivity contribution in [1.29, 1.82) is 0 Å². The molecule has 2 N–H and O–H groups in total. The van der Waals surface area contributed by atoms with Gasteiger partial charge in [0.05, 0.1) is 5.25 Å². The molecule has 6 heteroatoms. The molecule has 3 rings (SSSR count). The number of nitrogens with zero attached hydrogens (tertiary/aromatic N) is 3. The molecule has 0 radical (unpaired) electrons. The molecule has 18 heavy (non-hydrogen) atoms. The summed E-state index contributed by atoms with van der Waals surface area (Å²) in [5.74, 6) is 2.95. The second-order valence-electron chi connectivity index (χ2n) is 4.28. The highest BCUT2D eigenvalue weighted by Crippen LogP contribution is 2.37. The van der Waals surface area contributed by atoms with Crippen LogP contribution >= 0.6 is 11.8 Å². The maximum atomic E-state index is 5.64. The average Bonchev–Trinajstić information content (AvgIpc) is 2.89. The van der Waals surface area contributed by atoms with E-state index in [1.165, 1.54) is 18.6 Å². The standard InChI is InChI=1S/C12H14N4OS/c13-10-7-8(4-5-14-10)12-15-11(16-17-12)9-3-1-2-6-18-9/h4-5,7,9H,1-3,6H2,(H2,13,14). The van der Waals surface area contributed by atoms with E-state index < -0.39 is 0 Å².